The van der Waals surface area contributed by atoms with Crippen LogP contribution in [0.1, 0.15) is 45.1 Å². The molecule has 0 aliphatic rings. The maximum atomic E-state index is 11.4. The summed E-state index contributed by atoms with van der Waals surface area (Å²) in [7, 11) is 0. The molecule has 0 radical (unpaired) electrons. The second-order valence-electron chi connectivity index (χ2n) is 4.56. The predicted molar refractivity (Wildman–Crippen MR) is 71.9 cm³/mol. The van der Waals surface area contributed by atoms with Crippen molar-refractivity contribution < 1.29 is 14.3 Å². The molecule has 0 aliphatic heterocycles. The van der Waals surface area contributed by atoms with Gasteiger partial charge in [0, 0.05) is 0 Å². The molecule has 0 heterocycles. The fraction of sp³-hybridized carbons (Fsp3) is 0.533. The van der Waals surface area contributed by atoms with Crippen LogP contribution in [0.2, 0.25) is 0 Å². The highest BCUT2D eigenvalue weighted by atomic mass is 16.6. The second kappa shape index (κ2) is 7.75. The summed E-state index contributed by atoms with van der Waals surface area (Å²) in [6.45, 7) is 6.71. The van der Waals surface area contributed by atoms with Gasteiger partial charge >= 0.3 is 5.97 Å². The maximum absolute atomic E-state index is 11.4. The lowest BCUT2D eigenvalue weighted by Crippen LogP contribution is -2.16. The van der Waals surface area contributed by atoms with Gasteiger partial charge in [0.1, 0.15) is 5.75 Å². The predicted octanol–water partition coefficient (Wildman–Crippen LogP) is 3.53. The monoisotopic (exact) mass is 250 g/mol. The summed E-state index contributed by atoms with van der Waals surface area (Å²) in [4.78, 5) is 11.4. The molecule has 1 rings (SSSR count). The van der Waals surface area contributed by atoms with E-state index in [0.717, 1.165) is 24.2 Å². The highest BCUT2D eigenvalue weighted by Crippen LogP contribution is 2.25. The Morgan fingerprint density at radius 1 is 1.28 bits per heavy atom. The van der Waals surface area contributed by atoms with Crippen LogP contribution >= 0.6 is 0 Å². The molecule has 0 bridgehead atoms. The van der Waals surface area contributed by atoms with Crippen molar-refractivity contribution in [2.24, 2.45) is 0 Å². The van der Waals surface area contributed by atoms with E-state index in [9.17, 15) is 4.79 Å². The summed E-state index contributed by atoms with van der Waals surface area (Å²) in [5.41, 5.74) is 1.11. The van der Waals surface area contributed by atoms with Crippen molar-refractivity contribution in [3.05, 3.63) is 29.8 Å². The van der Waals surface area contributed by atoms with E-state index < -0.39 is 0 Å². The average Bonchev–Trinajstić information content (AvgIpc) is 2.37. The normalized spacial score (nSPS) is 10.4. The molecule has 0 unspecified atom stereocenters. The third kappa shape index (κ3) is 4.78. The molecule has 3 heteroatoms. The molecule has 1 aromatic carbocycles. The standard InChI is InChI=1S/C15H22O3/c1-4-5-10-17-15(16)11-18-14-9-7-6-8-13(14)12(2)3/h6-9,12H,4-5,10-11H2,1-3H3. The van der Waals surface area contributed by atoms with Crippen LogP contribution in [0.15, 0.2) is 24.3 Å². The number of unbranched alkanes of at least 4 members (excludes halogenated alkanes) is 1. The lowest BCUT2D eigenvalue weighted by Gasteiger charge is -2.13. The zero-order valence-electron chi connectivity index (χ0n) is 11.4. The summed E-state index contributed by atoms with van der Waals surface area (Å²) in [6.07, 6.45) is 1.92. The Bertz CT molecular complexity index is 372. The molecular weight excluding hydrogens is 228 g/mol. The molecule has 0 aliphatic carbocycles. The van der Waals surface area contributed by atoms with E-state index in [0.29, 0.717) is 12.5 Å². The van der Waals surface area contributed by atoms with Gasteiger partial charge in [-0.2, -0.15) is 0 Å². The molecule has 0 N–H and O–H groups in total. The van der Waals surface area contributed by atoms with E-state index in [-0.39, 0.29) is 12.6 Å². The van der Waals surface area contributed by atoms with Gasteiger partial charge in [-0.05, 0) is 24.0 Å². The zero-order valence-corrected chi connectivity index (χ0v) is 11.4. The number of benzene rings is 1. The van der Waals surface area contributed by atoms with Crippen LogP contribution in [0.5, 0.6) is 5.75 Å². The minimum Gasteiger partial charge on any atom is -0.482 e. The number of hydrogen-bond donors (Lipinski definition) is 0. The van der Waals surface area contributed by atoms with Gasteiger partial charge < -0.3 is 9.47 Å². The van der Waals surface area contributed by atoms with Crippen molar-refractivity contribution >= 4 is 5.97 Å². The van der Waals surface area contributed by atoms with Crippen LogP contribution < -0.4 is 4.74 Å². The Morgan fingerprint density at radius 3 is 2.67 bits per heavy atom. The van der Waals surface area contributed by atoms with E-state index in [2.05, 4.69) is 20.8 Å². The van der Waals surface area contributed by atoms with E-state index in [4.69, 9.17) is 9.47 Å². The van der Waals surface area contributed by atoms with Crippen LogP contribution in [0.25, 0.3) is 0 Å². The molecule has 100 valence electrons. The number of para-hydroxylation sites is 1. The second-order valence-corrected chi connectivity index (χ2v) is 4.56. The van der Waals surface area contributed by atoms with Crippen LogP contribution in [0.4, 0.5) is 0 Å². The summed E-state index contributed by atoms with van der Waals surface area (Å²) < 4.78 is 10.6. The fourth-order valence-electron chi connectivity index (χ4n) is 1.60. The minimum absolute atomic E-state index is 0.0204. The van der Waals surface area contributed by atoms with Gasteiger partial charge in [0.25, 0.3) is 0 Å². The summed E-state index contributed by atoms with van der Waals surface area (Å²) in [5.74, 6) is 0.833. The molecule has 18 heavy (non-hydrogen) atoms. The Kier molecular flexibility index (Phi) is 6.26. The van der Waals surface area contributed by atoms with Gasteiger partial charge in [-0.3, -0.25) is 0 Å². The van der Waals surface area contributed by atoms with Gasteiger partial charge in [0.2, 0.25) is 0 Å². The van der Waals surface area contributed by atoms with E-state index in [1.54, 1.807) is 0 Å². The first-order valence-electron chi connectivity index (χ1n) is 6.52. The molecule has 0 fully saturated rings. The first kappa shape index (κ1) is 14.6. The maximum Gasteiger partial charge on any atom is 0.344 e. The molecule has 0 amide bonds. The molecule has 0 atom stereocenters. The van der Waals surface area contributed by atoms with Crippen molar-refractivity contribution in [3.63, 3.8) is 0 Å². The topological polar surface area (TPSA) is 35.5 Å². The molecular formula is C15H22O3. The van der Waals surface area contributed by atoms with Gasteiger partial charge in [-0.1, -0.05) is 45.4 Å². The number of carbonyl (C=O) groups is 1. The minimum atomic E-state index is -0.304. The van der Waals surface area contributed by atoms with Crippen molar-refractivity contribution in [1.29, 1.82) is 0 Å². The molecule has 0 saturated heterocycles. The number of ether oxygens (including phenoxy) is 2. The average molecular weight is 250 g/mol. The Morgan fingerprint density at radius 2 is 2.00 bits per heavy atom. The number of hydrogen-bond acceptors (Lipinski definition) is 3. The van der Waals surface area contributed by atoms with Gasteiger partial charge in [-0.25, -0.2) is 4.79 Å². The van der Waals surface area contributed by atoms with Crippen LogP contribution in [-0.2, 0) is 9.53 Å². The van der Waals surface area contributed by atoms with Crippen molar-refractivity contribution in [2.75, 3.05) is 13.2 Å². The summed E-state index contributed by atoms with van der Waals surface area (Å²) in [6, 6.07) is 7.78. The van der Waals surface area contributed by atoms with E-state index >= 15 is 0 Å². The molecule has 3 nitrogen and oxygen atoms in total. The fourth-order valence-corrected chi connectivity index (χ4v) is 1.60. The Labute approximate surface area is 109 Å². The number of carbonyl (C=O) groups excluding carboxylic acids is 1. The van der Waals surface area contributed by atoms with E-state index in [1.165, 1.54) is 0 Å². The number of esters is 1. The number of rotatable bonds is 7. The highest BCUT2D eigenvalue weighted by Gasteiger charge is 2.09. The zero-order chi connectivity index (χ0) is 13.4. The van der Waals surface area contributed by atoms with Crippen molar-refractivity contribution in [3.8, 4) is 5.75 Å². The highest BCUT2D eigenvalue weighted by molar-refractivity contribution is 5.71. The van der Waals surface area contributed by atoms with Crippen molar-refractivity contribution in [1.82, 2.24) is 0 Å². The van der Waals surface area contributed by atoms with E-state index in [1.807, 2.05) is 24.3 Å². The smallest absolute Gasteiger partial charge is 0.344 e. The third-order valence-electron chi connectivity index (χ3n) is 2.65. The van der Waals surface area contributed by atoms with Gasteiger partial charge in [0.05, 0.1) is 6.61 Å². The first-order valence-corrected chi connectivity index (χ1v) is 6.52. The van der Waals surface area contributed by atoms with Crippen LogP contribution in [0, 0.1) is 0 Å². The largest absolute Gasteiger partial charge is 0.482 e. The summed E-state index contributed by atoms with van der Waals surface area (Å²) in [5, 5.41) is 0. The van der Waals surface area contributed by atoms with Crippen molar-refractivity contribution in [2.45, 2.75) is 39.5 Å². The van der Waals surface area contributed by atoms with Crippen LogP contribution in [0.3, 0.4) is 0 Å². The third-order valence-corrected chi connectivity index (χ3v) is 2.65. The lowest BCUT2D eigenvalue weighted by molar-refractivity contribution is -0.146. The molecule has 1 aromatic rings. The molecule has 0 aromatic heterocycles. The first-order chi connectivity index (χ1) is 8.65. The SMILES string of the molecule is CCCCOC(=O)COc1ccccc1C(C)C. The molecule has 0 saturated carbocycles. The van der Waals surface area contributed by atoms with Gasteiger partial charge in [0.15, 0.2) is 6.61 Å². The quantitative estimate of drug-likeness (QED) is 0.548. The van der Waals surface area contributed by atoms with Crippen LogP contribution in [-0.4, -0.2) is 19.2 Å². The van der Waals surface area contributed by atoms with Gasteiger partial charge in [-0.15, -0.1) is 0 Å². The Hall–Kier alpha value is -1.51. The summed E-state index contributed by atoms with van der Waals surface area (Å²) >= 11 is 0. The lowest BCUT2D eigenvalue weighted by atomic mass is 10.0. The molecule has 0 spiro atoms. The Balaban J connectivity index is 2.45.